The van der Waals surface area contributed by atoms with E-state index in [0.717, 1.165) is 0 Å². The normalized spacial score (nSPS) is 11.5. The van der Waals surface area contributed by atoms with Crippen LogP contribution in [0, 0.1) is 0 Å². The van der Waals surface area contributed by atoms with Gasteiger partial charge in [0.15, 0.2) is 0 Å². The Morgan fingerprint density at radius 1 is 1.39 bits per heavy atom. The first kappa shape index (κ1) is 14.9. The van der Waals surface area contributed by atoms with Gasteiger partial charge in [0.2, 0.25) is 0 Å². The molecule has 0 aliphatic carbocycles. The van der Waals surface area contributed by atoms with Gasteiger partial charge in [-0.1, -0.05) is 15.9 Å². The largest absolute Gasteiger partial charge is 0.444 e. The summed E-state index contributed by atoms with van der Waals surface area (Å²) in [4.78, 5) is 11.5. The van der Waals surface area contributed by atoms with Crippen molar-refractivity contribution in [3.63, 3.8) is 0 Å². The number of hydrogen-bond donors (Lipinski definition) is 1. The van der Waals surface area contributed by atoms with E-state index < -0.39 is 18.1 Å². The summed E-state index contributed by atoms with van der Waals surface area (Å²) >= 11 is 3.02. The van der Waals surface area contributed by atoms with Crippen LogP contribution in [0.2, 0.25) is 0 Å². The van der Waals surface area contributed by atoms with Crippen LogP contribution in [-0.4, -0.2) is 11.7 Å². The number of benzene rings is 1. The third-order valence-electron chi connectivity index (χ3n) is 1.88. The highest BCUT2D eigenvalue weighted by atomic mass is 79.9. The lowest BCUT2D eigenvalue weighted by atomic mass is 10.2. The molecule has 0 saturated carbocycles. The number of rotatable bonds is 2. The minimum atomic E-state index is -2.61. The molecule has 0 fully saturated rings. The van der Waals surface area contributed by atoms with Crippen LogP contribution in [-0.2, 0) is 4.74 Å². The standard InChI is InChI=1S/C12H14BrF2NO2/c1-12(2,3)18-11(17)16-7-4-5-9(13)8(6-7)10(14)15/h4-6,10H,1-3H3,(H,16,17). The molecule has 0 bridgehead atoms. The van der Waals surface area contributed by atoms with Gasteiger partial charge in [-0.2, -0.15) is 0 Å². The van der Waals surface area contributed by atoms with Crippen LogP contribution >= 0.6 is 15.9 Å². The number of ether oxygens (including phenoxy) is 1. The summed E-state index contributed by atoms with van der Waals surface area (Å²) in [5.41, 5.74) is -0.545. The molecule has 0 saturated heterocycles. The quantitative estimate of drug-likeness (QED) is 0.854. The fraction of sp³-hybridized carbons (Fsp3) is 0.417. The SMILES string of the molecule is CC(C)(C)OC(=O)Nc1ccc(Br)c(C(F)F)c1. The van der Waals surface area contributed by atoms with Crippen molar-refractivity contribution < 1.29 is 18.3 Å². The number of carbonyl (C=O) groups excluding carboxylic acids is 1. The van der Waals surface area contributed by atoms with Crippen LogP contribution in [0.15, 0.2) is 22.7 Å². The third kappa shape index (κ3) is 4.60. The molecule has 1 amide bonds. The number of halogens is 3. The van der Waals surface area contributed by atoms with E-state index in [1.54, 1.807) is 20.8 Å². The molecular weight excluding hydrogens is 308 g/mol. The minimum Gasteiger partial charge on any atom is -0.444 e. The zero-order valence-corrected chi connectivity index (χ0v) is 11.8. The Morgan fingerprint density at radius 2 is 2.00 bits per heavy atom. The highest BCUT2D eigenvalue weighted by Gasteiger charge is 2.17. The highest BCUT2D eigenvalue weighted by Crippen LogP contribution is 2.29. The van der Waals surface area contributed by atoms with Gasteiger partial charge in [-0.25, -0.2) is 13.6 Å². The van der Waals surface area contributed by atoms with E-state index in [4.69, 9.17) is 4.74 Å². The minimum absolute atomic E-state index is 0.177. The molecule has 0 heterocycles. The average molecular weight is 322 g/mol. The Hall–Kier alpha value is -1.17. The molecule has 6 heteroatoms. The maximum atomic E-state index is 12.6. The number of alkyl halides is 2. The summed E-state index contributed by atoms with van der Waals surface area (Å²) in [6.45, 7) is 5.16. The van der Waals surface area contributed by atoms with Crippen LogP contribution < -0.4 is 5.32 Å². The first-order chi connectivity index (χ1) is 8.19. The first-order valence-electron chi connectivity index (χ1n) is 5.26. The maximum Gasteiger partial charge on any atom is 0.412 e. The molecule has 1 rings (SSSR count). The van der Waals surface area contributed by atoms with Crippen molar-refractivity contribution in [2.24, 2.45) is 0 Å². The summed E-state index contributed by atoms with van der Waals surface area (Å²) in [7, 11) is 0. The van der Waals surface area contributed by atoms with Gasteiger partial charge in [0.1, 0.15) is 5.60 Å². The number of amides is 1. The lowest BCUT2D eigenvalue weighted by Gasteiger charge is -2.19. The molecule has 0 unspecified atom stereocenters. The number of carbonyl (C=O) groups is 1. The predicted octanol–water partition coefficient (Wildman–Crippen LogP) is 4.73. The summed E-state index contributed by atoms with van der Waals surface area (Å²) in [5, 5.41) is 2.41. The highest BCUT2D eigenvalue weighted by molar-refractivity contribution is 9.10. The van der Waals surface area contributed by atoms with Gasteiger partial charge >= 0.3 is 6.09 Å². The van der Waals surface area contributed by atoms with Gasteiger partial charge in [-0.05, 0) is 39.0 Å². The Balaban J connectivity index is 2.80. The van der Waals surface area contributed by atoms with E-state index in [9.17, 15) is 13.6 Å². The molecule has 0 atom stereocenters. The van der Waals surface area contributed by atoms with Crippen molar-refractivity contribution in [2.75, 3.05) is 5.32 Å². The molecule has 1 N–H and O–H groups in total. The molecule has 0 aliphatic heterocycles. The lowest BCUT2D eigenvalue weighted by molar-refractivity contribution is 0.0635. The van der Waals surface area contributed by atoms with E-state index in [1.807, 2.05) is 0 Å². The zero-order chi connectivity index (χ0) is 13.9. The summed E-state index contributed by atoms with van der Waals surface area (Å²) < 4.78 is 30.6. The first-order valence-corrected chi connectivity index (χ1v) is 6.06. The smallest absolute Gasteiger partial charge is 0.412 e. The van der Waals surface area contributed by atoms with Gasteiger partial charge < -0.3 is 4.74 Å². The van der Waals surface area contributed by atoms with Gasteiger partial charge in [0, 0.05) is 15.7 Å². The molecule has 1 aromatic rings. The van der Waals surface area contributed by atoms with Crippen LogP contribution in [0.5, 0.6) is 0 Å². The van der Waals surface area contributed by atoms with Crippen molar-refractivity contribution in [3.05, 3.63) is 28.2 Å². The topological polar surface area (TPSA) is 38.3 Å². The molecule has 0 aliphatic rings. The van der Waals surface area contributed by atoms with Crippen LogP contribution in [0.3, 0.4) is 0 Å². The zero-order valence-electron chi connectivity index (χ0n) is 10.3. The van der Waals surface area contributed by atoms with E-state index in [1.165, 1.54) is 18.2 Å². The molecule has 0 spiro atoms. The van der Waals surface area contributed by atoms with E-state index in [0.29, 0.717) is 4.47 Å². The second-order valence-corrected chi connectivity index (χ2v) is 5.52. The Morgan fingerprint density at radius 3 is 2.50 bits per heavy atom. The van der Waals surface area contributed by atoms with Gasteiger partial charge in [-0.3, -0.25) is 5.32 Å². The van der Waals surface area contributed by atoms with E-state index >= 15 is 0 Å². The van der Waals surface area contributed by atoms with E-state index in [-0.39, 0.29) is 11.3 Å². The summed E-state index contributed by atoms with van der Waals surface area (Å²) in [6.07, 6.45) is -3.29. The Kier molecular flexibility index (Phi) is 4.67. The molecule has 0 aromatic heterocycles. The van der Waals surface area contributed by atoms with Crippen LogP contribution in [0.1, 0.15) is 32.8 Å². The fourth-order valence-electron chi connectivity index (χ4n) is 1.21. The lowest BCUT2D eigenvalue weighted by Crippen LogP contribution is -2.27. The monoisotopic (exact) mass is 321 g/mol. The van der Waals surface area contributed by atoms with Gasteiger partial charge in [0.05, 0.1) is 0 Å². The van der Waals surface area contributed by atoms with Gasteiger partial charge in [-0.15, -0.1) is 0 Å². The molecule has 100 valence electrons. The van der Waals surface area contributed by atoms with Crippen molar-refractivity contribution >= 4 is 27.7 Å². The van der Waals surface area contributed by atoms with Crippen molar-refractivity contribution in [3.8, 4) is 0 Å². The second kappa shape index (κ2) is 5.65. The second-order valence-electron chi connectivity index (χ2n) is 4.66. The number of nitrogens with one attached hydrogen (secondary N) is 1. The average Bonchev–Trinajstić information content (AvgIpc) is 2.17. The third-order valence-corrected chi connectivity index (χ3v) is 2.60. The van der Waals surface area contributed by atoms with Crippen molar-refractivity contribution in [1.82, 2.24) is 0 Å². The molecule has 18 heavy (non-hydrogen) atoms. The number of hydrogen-bond acceptors (Lipinski definition) is 2. The van der Waals surface area contributed by atoms with E-state index in [2.05, 4.69) is 21.2 Å². The molecular formula is C12H14BrF2NO2. The van der Waals surface area contributed by atoms with Crippen molar-refractivity contribution in [2.45, 2.75) is 32.8 Å². The maximum absolute atomic E-state index is 12.6. The summed E-state index contributed by atoms with van der Waals surface area (Å²) in [5.74, 6) is 0. The summed E-state index contributed by atoms with van der Waals surface area (Å²) in [6, 6.07) is 4.17. The molecule has 1 aromatic carbocycles. The van der Waals surface area contributed by atoms with Gasteiger partial charge in [0.25, 0.3) is 6.43 Å². The van der Waals surface area contributed by atoms with Crippen LogP contribution in [0.25, 0.3) is 0 Å². The Bertz CT molecular complexity index is 444. The molecule has 0 radical (unpaired) electrons. The van der Waals surface area contributed by atoms with Crippen molar-refractivity contribution in [1.29, 1.82) is 0 Å². The molecule has 3 nitrogen and oxygen atoms in total. The predicted molar refractivity (Wildman–Crippen MR) is 69.0 cm³/mol. The Labute approximate surface area is 113 Å². The fourth-order valence-corrected chi connectivity index (χ4v) is 1.63. The van der Waals surface area contributed by atoms with Crippen LogP contribution in [0.4, 0.5) is 19.3 Å². The number of anilines is 1.